The molecule has 0 spiro atoms. The zero-order valence-electron chi connectivity index (χ0n) is 7.55. The number of unbranched alkanes of at least 4 members (excludes halogenated alkanes) is 1. The van der Waals surface area contributed by atoms with Gasteiger partial charge in [0.25, 0.3) is 0 Å². The monoisotopic (exact) mass is 177 g/mol. The van der Waals surface area contributed by atoms with Crippen molar-refractivity contribution in [1.29, 1.82) is 0 Å². The van der Waals surface area contributed by atoms with E-state index in [-0.39, 0.29) is 11.2 Å². The molecule has 11 heavy (non-hydrogen) atoms. The van der Waals surface area contributed by atoms with Gasteiger partial charge in [-0.15, -0.1) is 0 Å². The molecule has 0 saturated carbocycles. The van der Waals surface area contributed by atoms with Crippen LogP contribution >= 0.6 is 0 Å². The molecule has 0 amide bonds. The van der Waals surface area contributed by atoms with Crippen molar-refractivity contribution < 1.29 is 8.76 Å². The standard InChI is InChI=1S/C8H18O2S/c1-4-5-6-8(2,3)7-11(9)10/h4-7H2,1-3H3,(H,9,10)/p-1. The zero-order chi connectivity index (χ0) is 8.91. The average molecular weight is 177 g/mol. The summed E-state index contributed by atoms with van der Waals surface area (Å²) in [4.78, 5) is 0. The molecule has 2 nitrogen and oxygen atoms in total. The Balaban J connectivity index is 3.70. The molecule has 0 heterocycles. The highest BCUT2D eigenvalue weighted by atomic mass is 32.2. The molecule has 0 radical (unpaired) electrons. The second-order valence-electron chi connectivity index (χ2n) is 3.72. The molecule has 0 fully saturated rings. The summed E-state index contributed by atoms with van der Waals surface area (Å²) in [6.07, 6.45) is 3.25. The summed E-state index contributed by atoms with van der Waals surface area (Å²) in [5, 5.41) is 0. The van der Waals surface area contributed by atoms with Crippen molar-refractivity contribution in [1.82, 2.24) is 0 Å². The van der Waals surface area contributed by atoms with Gasteiger partial charge in [-0.25, -0.2) is 0 Å². The van der Waals surface area contributed by atoms with Crippen LogP contribution in [0.15, 0.2) is 0 Å². The second kappa shape index (κ2) is 4.88. The van der Waals surface area contributed by atoms with Gasteiger partial charge in [0.1, 0.15) is 0 Å². The third-order valence-electron chi connectivity index (χ3n) is 1.72. The average Bonchev–Trinajstić information content (AvgIpc) is 1.81. The van der Waals surface area contributed by atoms with E-state index >= 15 is 0 Å². The molecule has 0 aromatic carbocycles. The van der Waals surface area contributed by atoms with Crippen LogP contribution in [0.3, 0.4) is 0 Å². The minimum Gasteiger partial charge on any atom is -0.772 e. The van der Waals surface area contributed by atoms with E-state index in [1.807, 2.05) is 13.8 Å². The maximum Gasteiger partial charge on any atom is 0.0153 e. The summed E-state index contributed by atoms with van der Waals surface area (Å²) in [5.74, 6) is 0.285. The van der Waals surface area contributed by atoms with E-state index in [1.54, 1.807) is 0 Å². The van der Waals surface area contributed by atoms with Gasteiger partial charge in [0, 0.05) is 5.75 Å². The quantitative estimate of drug-likeness (QED) is 0.603. The molecular weight excluding hydrogens is 160 g/mol. The molecule has 0 aliphatic rings. The van der Waals surface area contributed by atoms with Crippen molar-refractivity contribution in [3.05, 3.63) is 0 Å². The van der Waals surface area contributed by atoms with E-state index in [4.69, 9.17) is 0 Å². The molecule has 1 unspecified atom stereocenters. The fourth-order valence-electron chi connectivity index (χ4n) is 1.05. The van der Waals surface area contributed by atoms with Gasteiger partial charge in [-0.3, -0.25) is 4.21 Å². The van der Waals surface area contributed by atoms with Gasteiger partial charge in [0.2, 0.25) is 0 Å². The summed E-state index contributed by atoms with van der Waals surface area (Å²) < 4.78 is 20.8. The highest BCUT2D eigenvalue weighted by Crippen LogP contribution is 2.23. The normalized spacial score (nSPS) is 14.9. The van der Waals surface area contributed by atoms with Crippen molar-refractivity contribution in [3.63, 3.8) is 0 Å². The van der Waals surface area contributed by atoms with Gasteiger partial charge in [0.05, 0.1) is 0 Å². The Morgan fingerprint density at radius 2 is 2.00 bits per heavy atom. The van der Waals surface area contributed by atoms with Crippen LogP contribution in [0, 0.1) is 5.41 Å². The van der Waals surface area contributed by atoms with Gasteiger partial charge in [-0.05, 0) is 11.8 Å². The summed E-state index contributed by atoms with van der Waals surface area (Å²) in [6.45, 7) is 6.11. The third-order valence-corrected chi connectivity index (χ3v) is 2.73. The van der Waals surface area contributed by atoms with E-state index in [0.717, 1.165) is 19.3 Å². The van der Waals surface area contributed by atoms with Gasteiger partial charge in [-0.1, -0.05) is 44.7 Å². The molecule has 0 N–H and O–H groups in total. The summed E-state index contributed by atoms with van der Waals surface area (Å²) >= 11 is -1.89. The lowest BCUT2D eigenvalue weighted by Gasteiger charge is -2.25. The van der Waals surface area contributed by atoms with Crippen LogP contribution in [0.1, 0.15) is 40.0 Å². The summed E-state index contributed by atoms with van der Waals surface area (Å²) in [6, 6.07) is 0. The van der Waals surface area contributed by atoms with E-state index in [0.29, 0.717) is 0 Å². The third kappa shape index (κ3) is 6.51. The lowest BCUT2D eigenvalue weighted by atomic mass is 9.90. The zero-order valence-corrected chi connectivity index (χ0v) is 8.37. The Labute approximate surface area is 71.7 Å². The molecule has 0 saturated heterocycles. The van der Waals surface area contributed by atoms with E-state index in [1.165, 1.54) is 0 Å². The molecule has 0 bridgehead atoms. The van der Waals surface area contributed by atoms with E-state index in [2.05, 4.69) is 6.92 Å². The highest BCUT2D eigenvalue weighted by Gasteiger charge is 2.16. The van der Waals surface area contributed by atoms with Crippen LogP contribution < -0.4 is 0 Å². The Morgan fingerprint density at radius 3 is 2.36 bits per heavy atom. The van der Waals surface area contributed by atoms with E-state index in [9.17, 15) is 8.76 Å². The summed E-state index contributed by atoms with van der Waals surface area (Å²) in [7, 11) is 0. The molecule has 0 aliphatic heterocycles. The molecule has 3 heteroatoms. The number of hydrogen-bond donors (Lipinski definition) is 0. The van der Waals surface area contributed by atoms with Crippen LogP contribution in [0.4, 0.5) is 0 Å². The van der Waals surface area contributed by atoms with Crippen LogP contribution in [-0.4, -0.2) is 14.5 Å². The Morgan fingerprint density at radius 1 is 1.45 bits per heavy atom. The maximum atomic E-state index is 10.4. The maximum absolute atomic E-state index is 10.4. The van der Waals surface area contributed by atoms with Crippen molar-refractivity contribution in [2.24, 2.45) is 5.41 Å². The van der Waals surface area contributed by atoms with Gasteiger partial charge < -0.3 is 4.55 Å². The highest BCUT2D eigenvalue weighted by molar-refractivity contribution is 7.79. The lowest BCUT2D eigenvalue weighted by molar-refractivity contribution is 0.360. The molecule has 1 atom stereocenters. The first-order valence-corrected chi connectivity index (χ1v) is 5.28. The smallest absolute Gasteiger partial charge is 0.0153 e. The predicted octanol–water partition coefficient (Wildman–Crippen LogP) is 2.08. The molecule has 0 aromatic rings. The van der Waals surface area contributed by atoms with Crippen LogP contribution in [0.2, 0.25) is 0 Å². The first kappa shape index (κ1) is 11.1. The Hall–Kier alpha value is 0.110. The largest absolute Gasteiger partial charge is 0.772 e. The van der Waals surface area contributed by atoms with E-state index < -0.39 is 11.1 Å². The number of rotatable bonds is 5. The molecule has 0 aliphatic carbocycles. The lowest BCUT2D eigenvalue weighted by Crippen LogP contribution is -2.20. The summed E-state index contributed by atoms with van der Waals surface area (Å²) in [5.41, 5.74) is -0.0391. The van der Waals surface area contributed by atoms with Crippen molar-refractivity contribution in [2.75, 3.05) is 5.75 Å². The van der Waals surface area contributed by atoms with Crippen molar-refractivity contribution in [2.45, 2.75) is 40.0 Å². The fourth-order valence-corrected chi connectivity index (χ4v) is 1.83. The number of hydrogen-bond acceptors (Lipinski definition) is 2. The van der Waals surface area contributed by atoms with Gasteiger partial charge in [-0.2, -0.15) is 0 Å². The minimum atomic E-state index is -1.89. The second-order valence-corrected chi connectivity index (χ2v) is 4.61. The Bertz CT molecular complexity index is 132. The first-order chi connectivity index (χ1) is 4.98. The van der Waals surface area contributed by atoms with Crippen LogP contribution in [-0.2, 0) is 11.1 Å². The SMILES string of the molecule is CCCCC(C)(C)CS(=O)[O-]. The molecular formula is C8H17O2S-. The molecule has 68 valence electrons. The Kier molecular flexibility index (Phi) is 4.93. The van der Waals surface area contributed by atoms with Gasteiger partial charge in [0.15, 0.2) is 0 Å². The van der Waals surface area contributed by atoms with Gasteiger partial charge >= 0.3 is 0 Å². The van der Waals surface area contributed by atoms with Crippen LogP contribution in [0.25, 0.3) is 0 Å². The topological polar surface area (TPSA) is 40.1 Å². The predicted molar refractivity (Wildman–Crippen MR) is 47.1 cm³/mol. The fraction of sp³-hybridized carbons (Fsp3) is 1.00. The molecule has 0 aromatic heterocycles. The minimum absolute atomic E-state index is 0.0391. The first-order valence-electron chi connectivity index (χ1n) is 4.04. The van der Waals surface area contributed by atoms with Crippen LogP contribution in [0.5, 0.6) is 0 Å². The van der Waals surface area contributed by atoms with Crippen molar-refractivity contribution >= 4 is 11.1 Å². The van der Waals surface area contributed by atoms with Crippen molar-refractivity contribution in [3.8, 4) is 0 Å². The molecule has 0 rings (SSSR count).